The van der Waals surface area contributed by atoms with Crippen LogP contribution in [0.15, 0.2) is 6.07 Å². The van der Waals surface area contributed by atoms with Crippen LogP contribution in [0.5, 0.6) is 0 Å². The lowest BCUT2D eigenvalue weighted by atomic mass is 10.1. The van der Waals surface area contributed by atoms with Crippen LogP contribution in [0.4, 0.5) is 5.82 Å². The lowest BCUT2D eigenvalue weighted by Crippen LogP contribution is -2.57. The minimum atomic E-state index is -0.311. The Hall–Kier alpha value is -2.02. The van der Waals surface area contributed by atoms with Gasteiger partial charge in [0.15, 0.2) is 0 Å². The fourth-order valence-electron chi connectivity index (χ4n) is 2.48. The molecule has 1 atom stereocenters. The molecule has 1 aliphatic rings. The van der Waals surface area contributed by atoms with Gasteiger partial charge in [0.2, 0.25) is 11.8 Å². The molecule has 0 aliphatic carbocycles. The highest BCUT2D eigenvalue weighted by Gasteiger charge is 2.32. The van der Waals surface area contributed by atoms with Crippen LogP contribution in [0.2, 0.25) is 0 Å². The maximum Gasteiger partial charge on any atom is 0.243 e. The van der Waals surface area contributed by atoms with Gasteiger partial charge in [0.1, 0.15) is 11.6 Å². The number of hydrogen-bond acceptors (Lipinski definition) is 6. The van der Waals surface area contributed by atoms with Crippen molar-refractivity contribution >= 4 is 17.6 Å². The van der Waals surface area contributed by atoms with Crippen molar-refractivity contribution in [3.63, 3.8) is 0 Å². The number of imide groups is 1. The molecule has 1 unspecified atom stereocenters. The predicted molar refractivity (Wildman–Crippen MR) is 78.6 cm³/mol. The van der Waals surface area contributed by atoms with Crippen LogP contribution < -0.4 is 10.6 Å². The lowest BCUT2D eigenvalue weighted by Gasteiger charge is -2.32. The second kappa shape index (κ2) is 6.62. The second-order valence-electron chi connectivity index (χ2n) is 5.08. The van der Waals surface area contributed by atoms with Gasteiger partial charge >= 0.3 is 0 Å². The van der Waals surface area contributed by atoms with Crippen molar-refractivity contribution in [3.8, 4) is 0 Å². The molecule has 2 rings (SSSR count). The molecular formula is C14H21N5O2. The van der Waals surface area contributed by atoms with Crippen LogP contribution in [0.25, 0.3) is 0 Å². The molecule has 0 aromatic carbocycles. The largest absolute Gasteiger partial charge is 0.370 e. The summed E-state index contributed by atoms with van der Waals surface area (Å²) >= 11 is 0. The maximum atomic E-state index is 11.8. The quantitative estimate of drug-likeness (QED) is 0.766. The van der Waals surface area contributed by atoms with E-state index in [2.05, 4.69) is 20.6 Å². The Balaban J connectivity index is 2.19. The summed E-state index contributed by atoms with van der Waals surface area (Å²) in [7, 11) is 0. The SMILES string of the molecule is CCNc1cc(C)nc(CN2CC(=O)NC(=O)C2CC)n1. The van der Waals surface area contributed by atoms with E-state index < -0.39 is 0 Å². The number of aromatic nitrogens is 2. The number of hydrogen-bond donors (Lipinski definition) is 2. The Morgan fingerprint density at radius 3 is 2.81 bits per heavy atom. The van der Waals surface area contributed by atoms with E-state index in [9.17, 15) is 9.59 Å². The fourth-order valence-corrected chi connectivity index (χ4v) is 2.48. The van der Waals surface area contributed by atoms with Gasteiger partial charge in [0.25, 0.3) is 0 Å². The highest BCUT2D eigenvalue weighted by Crippen LogP contribution is 2.14. The number of nitrogens with zero attached hydrogens (tertiary/aromatic N) is 3. The van der Waals surface area contributed by atoms with Crippen molar-refractivity contribution < 1.29 is 9.59 Å². The molecule has 0 bridgehead atoms. The van der Waals surface area contributed by atoms with Crippen molar-refractivity contribution in [2.24, 2.45) is 0 Å². The minimum absolute atomic E-state index is 0.193. The summed E-state index contributed by atoms with van der Waals surface area (Å²) in [6.45, 7) is 7.18. The van der Waals surface area contributed by atoms with Crippen LogP contribution in [0.3, 0.4) is 0 Å². The molecule has 2 heterocycles. The molecule has 1 aromatic rings. The fraction of sp³-hybridized carbons (Fsp3) is 0.571. The first kappa shape index (κ1) is 15.4. The van der Waals surface area contributed by atoms with E-state index in [-0.39, 0.29) is 24.4 Å². The molecule has 114 valence electrons. The second-order valence-corrected chi connectivity index (χ2v) is 5.08. The molecule has 0 saturated carbocycles. The number of aryl methyl sites for hydroxylation is 1. The van der Waals surface area contributed by atoms with Gasteiger partial charge in [-0.2, -0.15) is 0 Å². The summed E-state index contributed by atoms with van der Waals surface area (Å²) in [5, 5.41) is 5.52. The first-order valence-corrected chi connectivity index (χ1v) is 7.19. The standard InChI is InChI=1S/C14H21N5O2/c1-4-10-14(21)18-13(20)8-19(10)7-12-16-9(3)6-11(17-12)15-5-2/h6,10H,4-5,7-8H2,1-3H3,(H,15,16,17)(H,18,20,21). The Kier molecular flexibility index (Phi) is 4.85. The number of carbonyl (C=O) groups excluding carboxylic acids is 2. The lowest BCUT2D eigenvalue weighted by molar-refractivity contribution is -0.140. The van der Waals surface area contributed by atoms with Gasteiger partial charge in [0.05, 0.1) is 19.1 Å². The maximum absolute atomic E-state index is 11.8. The van der Waals surface area contributed by atoms with E-state index >= 15 is 0 Å². The minimum Gasteiger partial charge on any atom is -0.370 e. The van der Waals surface area contributed by atoms with Crippen LogP contribution in [-0.4, -0.2) is 45.8 Å². The molecule has 7 heteroatoms. The monoisotopic (exact) mass is 291 g/mol. The third-order valence-electron chi connectivity index (χ3n) is 3.34. The van der Waals surface area contributed by atoms with Gasteiger partial charge in [-0.1, -0.05) is 6.92 Å². The zero-order valence-electron chi connectivity index (χ0n) is 12.6. The average Bonchev–Trinajstić information content (AvgIpc) is 2.37. The molecule has 0 radical (unpaired) electrons. The van der Waals surface area contributed by atoms with E-state index in [1.807, 2.05) is 31.7 Å². The van der Waals surface area contributed by atoms with E-state index in [0.29, 0.717) is 18.8 Å². The van der Waals surface area contributed by atoms with Gasteiger partial charge in [-0.3, -0.25) is 19.8 Å². The Bertz CT molecular complexity index is 546. The summed E-state index contributed by atoms with van der Waals surface area (Å²) in [4.78, 5) is 34.0. The van der Waals surface area contributed by atoms with Crippen molar-refractivity contribution in [1.82, 2.24) is 20.2 Å². The molecular weight excluding hydrogens is 270 g/mol. The summed E-state index contributed by atoms with van der Waals surface area (Å²) in [5.74, 6) is 0.866. The summed E-state index contributed by atoms with van der Waals surface area (Å²) in [6, 6.07) is 1.56. The van der Waals surface area contributed by atoms with Crippen LogP contribution >= 0.6 is 0 Å². The number of amides is 2. The molecule has 1 saturated heterocycles. The van der Waals surface area contributed by atoms with Gasteiger partial charge in [0, 0.05) is 18.3 Å². The highest BCUT2D eigenvalue weighted by molar-refractivity contribution is 6.01. The Labute approximate surface area is 124 Å². The van der Waals surface area contributed by atoms with E-state index in [0.717, 1.165) is 18.1 Å². The third-order valence-corrected chi connectivity index (χ3v) is 3.34. The van der Waals surface area contributed by atoms with E-state index in [1.165, 1.54) is 0 Å². The van der Waals surface area contributed by atoms with Crippen molar-refractivity contribution in [3.05, 3.63) is 17.6 Å². The number of piperazine rings is 1. The van der Waals surface area contributed by atoms with Crippen molar-refractivity contribution in [1.29, 1.82) is 0 Å². The topological polar surface area (TPSA) is 87.2 Å². The van der Waals surface area contributed by atoms with Gasteiger partial charge in [-0.25, -0.2) is 9.97 Å². The number of anilines is 1. The van der Waals surface area contributed by atoms with Crippen molar-refractivity contribution in [2.45, 2.75) is 39.8 Å². The van der Waals surface area contributed by atoms with Crippen LogP contribution in [0.1, 0.15) is 31.8 Å². The van der Waals surface area contributed by atoms with Crippen LogP contribution in [-0.2, 0) is 16.1 Å². The Morgan fingerprint density at radius 1 is 1.38 bits per heavy atom. The number of rotatable bonds is 5. The van der Waals surface area contributed by atoms with Gasteiger partial charge in [-0.15, -0.1) is 0 Å². The summed E-state index contributed by atoms with van der Waals surface area (Å²) in [5.41, 5.74) is 0.858. The summed E-state index contributed by atoms with van der Waals surface area (Å²) in [6.07, 6.45) is 0.644. The highest BCUT2D eigenvalue weighted by atomic mass is 16.2. The Morgan fingerprint density at radius 2 is 2.14 bits per heavy atom. The molecule has 1 fully saturated rings. The third kappa shape index (κ3) is 3.75. The van der Waals surface area contributed by atoms with Gasteiger partial charge in [-0.05, 0) is 20.3 Å². The normalized spacial score (nSPS) is 19.5. The predicted octanol–water partition coefficient (Wildman–Crippen LogP) is 0.454. The number of nitrogens with one attached hydrogen (secondary N) is 2. The zero-order valence-corrected chi connectivity index (χ0v) is 12.6. The molecule has 2 amide bonds. The van der Waals surface area contributed by atoms with E-state index in [1.54, 1.807) is 0 Å². The average molecular weight is 291 g/mol. The summed E-state index contributed by atoms with van der Waals surface area (Å²) < 4.78 is 0. The van der Waals surface area contributed by atoms with Crippen LogP contribution in [0, 0.1) is 6.92 Å². The number of carbonyl (C=O) groups is 2. The molecule has 2 N–H and O–H groups in total. The smallest absolute Gasteiger partial charge is 0.243 e. The first-order chi connectivity index (χ1) is 10.0. The van der Waals surface area contributed by atoms with Crippen molar-refractivity contribution in [2.75, 3.05) is 18.4 Å². The molecule has 1 aliphatic heterocycles. The zero-order chi connectivity index (χ0) is 15.4. The molecule has 0 spiro atoms. The molecule has 21 heavy (non-hydrogen) atoms. The first-order valence-electron chi connectivity index (χ1n) is 7.19. The van der Waals surface area contributed by atoms with E-state index in [4.69, 9.17) is 0 Å². The van der Waals surface area contributed by atoms with Gasteiger partial charge < -0.3 is 5.32 Å². The molecule has 7 nitrogen and oxygen atoms in total. The molecule has 1 aromatic heterocycles.